The highest BCUT2D eigenvalue weighted by Gasteiger charge is 2.25. The van der Waals surface area contributed by atoms with Gasteiger partial charge in [-0.05, 0) is 59.3 Å². The second kappa shape index (κ2) is 6.36. The summed E-state index contributed by atoms with van der Waals surface area (Å²) in [6.07, 6.45) is 6.56. The summed E-state index contributed by atoms with van der Waals surface area (Å²) in [5.74, 6) is 0. The van der Waals surface area contributed by atoms with Gasteiger partial charge in [0.15, 0.2) is 0 Å². The Morgan fingerprint density at radius 3 is 2.48 bits per heavy atom. The van der Waals surface area contributed by atoms with E-state index in [1.807, 2.05) is 12.1 Å². The zero-order chi connectivity index (χ0) is 14.9. The number of halogens is 1. The first-order valence-corrected chi connectivity index (χ1v) is 9.86. The molecule has 3 rings (SSSR count). The monoisotopic (exact) mass is 372 g/mol. The van der Waals surface area contributed by atoms with Gasteiger partial charge in [0.05, 0.1) is 4.90 Å². The van der Waals surface area contributed by atoms with Gasteiger partial charge in [-0.2, -0.15) is 0 Å². The van der Waals surface area contributed by atoms with Gasteiger partial charge in [-0.3, -0.25) is 0 Å². The zero-order valence-corrected chi connectivity index (χ0v) is 14.3. The quantitative estimate of drug-likeness (QED) is 0.806. The van der Waals surface area contributed by atoms with Crippen LogP contribution in [0.15, 0.2) is 27.6 Å². The first-order valence-electron chi connectivity index (χ1n) is 7.59. The predicted octanol–water partition coefficient (Wildman–Crippen LogP) is 2.92. The van der Waals surface area contributed by atoms with Gasteiger partial charge in [-0.15, -0.1) is 0 Å². The Labute approximate surface area is 134 Å². The molecule has 2 fully saturated rings. The van der Waals surface area contributed by atoms with E-state index in [0.717, 1.165) is 37.8 Å². The fraction of sp³-hybridized carbons (Fsp3) is 0.600. The molecule has 4 nitrogen and oxygen atoms in total. The maximum absolute atomic E-state index is 12.6. The van der Waals surface area contributed by atoms with Crippen LogP contribution < -0.4 is 10.0 Å². The molecule has 0 bridgehead atoms. The van der Waals surface area contributed by atoms with Crippen molar-refractivity contribution in [2.45, 2.75) is 62.0 Å². The van der Waals surface area contributed by atoms with Crippen molar-refractivity contribution in [2.24, 2.45) is 0 Å². The number of hydrogen-bond donors (Lipinski definition) is 2. The van der Waals surface area contributed by atoms with Crippen LogP contribution in [0.4, 0.5) is 0 Å². The van der Waals surface area contributed by atoms with Crippen molar-refractivity contribution < 1.29 is 8.42 Å². The molecule has 0 amide bonds. The Morgan fingerprint density at radius 1 is 1.10 bits per heavy atom. The minimum Gasteiger partial charge on any atom is -0.310 e. The molecule has 2 aliphatic carbocycles. The molecule has 1 aromatic carbocycles. The maximum Gasteiger partial charge on any atom is 0.241 e. The van der Waals surface area contributed by atoms with Crippen LogP contribution in [0.25, 0.3) is 0 Å². The molecule has 21 heavy (non-hydrogen) atoms. The molecule has 2 N–H and O–H groups in total. The van der Waals surface area contributed by atoms with Gasteiger partial charge in [0.2, 0.25) is 10.0 Å². The van der Waals surface area contributed by atoms with Crippen LogP contribution in [-0.4, -0.2) is 20.5 Å². The van der Waals surface area contributed by atoms with Gasteiger partial charge in [0.1, 0.15) is 0 Å². The Morgan fingerprint density at radius 2 is 1.81 bits per heavy atom. The molecule has 116 valence electrons. The number of hydrogen-bond acceptors (Lipinski definition) is 3. The standard InChI is InChI=1S/C15H21BrN2O2S/c16-14-8-5-11(10-17-12-6-7-12)9-15(14)21(19,20)18-13-3-1-2-4-13/h5,8-9,12-13,17-18H,1-4,6-7,10H2. The molecule has 0 saturated heterocycles. The summed E-state index contributed by atoms with van der Waals surface area (Å²) < 4.78 is 28.6. The van der Waals surface area contributed by atoms with Crippen LogP contribution in [0.1, 0.15) is 44.1 Å². The third-order valence-electron chi connectivity index (χ3n) is 4.13. The number of sulfonamides is 1. The van der Waals surface area contributed by atoms with E-state index in [-0.39, 0.29) is 6.04 Å². The summed E-state index contributed by atoms with van der Waals surface area (Å²) in [5.41, 5.74) is 1.01. The molecule has 0 aliphatic heterocycles. The topological polar surface area (TPSA) is 58.2 Å². The molecule has 0 spiro atoms. The predicted molar refractivity (Wildman–Crippen MR) is 86.6 cm³/mol. The highest BCUT2D eigenvalue weighted by atomic mass is 79.9. The summed E-state index contributed by atoms with van der Waals surface area (Å²) in [7, 11) is -3.44. The smallest absolute Gasteiger partial charge is 0.241 e. The van der Waals surface area contributed by atoms with Gasteiger partial charge < -0.3 is 5.32 Å². The summed E-state index contributed by atoms with van der Waals surface area (Å²) in [6, 6.07) is 6.28. The van der Waals surface area contributed by atoms with Crippen molar-refractivity contribution in [3.8, 4) is 0 Å². The van der Waals surface area contributed by atoms with Crippen molar-refractivity contribution in [1.82, 2.24) is 10.0 Å². The maximum atomic E-state index is 12.6. The van der Waals surface area contributed by atoms with Crippen LogP contribution >= 0.6 is 15.9 Å². The summed E-state index contributed by atoms with van der Waals surface area (Å²) in [6.45, 7) is 0.726. The number of benzene rings is 1. The van der Waals surface area contributed by atoms with Crippen molar-refractivity contribution in [3.05, 3.63) is 28.2 Å². The highest BCUT2D eigenvalue weighted by Crippen LogP contribution is 2.26. The van der Waals surface area contributed by atoms with E-state index in [9.17, 15) is 8.42 Å². The molecule has 2 saturated carbocycles. The molecule has 1 aromatic rings. The van der Waals surface area contributed by atoms with E-state index >= 15 is 0 Å². The second-order valence-electron chi connectivity index (χ2n) is 6.02. The molecular formula is C15H21BrN2O2S. The molecule has 2 aliphatic rings. The van der Waals surface area contributed by atoms with Crippen molar-refractivity contribution in [3.63, 3.8) is 0 Å². The number of rotatable bonds is 6. The average molecular weight is 373 g/mol. The first kappa shape index (κ1) is 15.5. The van der Waals surface area contributed by atoms with E-state index in [2.05, 4.69) is 26.0 Å². The normalized spacial score (nSPS) is 20.0. The molecule has 0 aromatic heterocycles. The minimum absolute atomic E-state index is 0.0927. The Balaban J connectivity index is 1.76. The Bertz CT molecular complexity index is 608. The fourth-order valence-corrected chi connectivity index (χ4v) is 5.06. The van der Waals surface area contributed by atoms with Gasteiger partial charge in [-0.25, -0.2) is 13.1 Å². The highest BCUT2D eigenvalue weighted by molar-refractivity contribution is 9.10. The van der Waals surface area contributed by atoms with E-state index in [4.69, 9.17) is 0 Å². The van der Waals surface area contributed by atoms with Crippen LogP contribution in [-0.2, 0) is 16.6 Å². The van der Waals surface area contributed by atoms with E-state index in [0.29, 0.717) is 15.4 Å². The van der Waals surface area contributed by atoms with E-state index in [1.165, 1.54) is 12.8 Å². The SMILES string of the molecule is O=S(=O)(NC1CCCC1)c1cc(CNC2CC2)ccc1Br. The molecule has 0 heterocycles. The third-order valence-corrected chi connectivity index (χ3v) is 6.65. The third kappa shape index (κ3) is 4.06. The van der Waals surface area contributed by atoms with Gasteiger partial charge in [-0.1, -0.05) is 18.9 Å². The van der Waals surface area contributed by atoms with E-state index < -0.39 is 10.0 Å². The summed E-state index contributed by atoms with van der Waals surface area (Å²) in [5, 5.41) is 3.41. The van der Waals surface area contributed by atoms with Crippen LogP contribution in [0, 0.1) is 0 Å². The van der Waals surface area contributed by atoms with Crippen LogP contribution in [0.2, 0.25) is 0 Å². The van der Waals surface area contributed by atoms with Crippen molar-refractivity contribution >= 4 is 26.0 Å². The van der Waals surface area contributed by atoms with Gasteiger partial charge >= 0.3 is 0 Å². The number of nitrogens with one attached hydrogen (secondary N) is 2. The summed E-state index contributed by atoms with van der Waals surface area (Å²) in [4.78, 5) is 0.351. The first-order chi connectivity index (χ1) is 10.0. The second-order valence-corrected chi connectivity index (χ2v) is 8.56. The minimum atomic E-state index is -3.44. The Hall–Kier alpha value is -0.430. The summed E-state index contributed by atoms with van der Waals surface area (Å²) >= 11 is 3.37. The lowest BCUT2D eigenvalue weighted by Gasteiger charge is -2.14. The average Bonchev–Trinajstić information content (AvgIpc) is 3.14. The molecule has 0 unspecified atom stereocenters. The lowest BCUT2D eigenvalue weighted by molar-refractivity contribution is 0.551. The molecular weight excluding hydrogens is 352 g/mol. The van der Waals surface area contributed by atoms with Crippen LogP contribution in [0.5, 0.6) is 0 Å². The van der Waals surface area contributed by atoms with Gasteiger partial charge in [0, 0.05) is 23.1 Å². The largest absolute Gasteiger partial charge is 0.310 e. The lowest BCUT2D eigenvalue weighted by Crippen LogP contribution is -2.33. The van der Waals surface area contributed by atoms with Crippen molar-refractivity contribution in [1.29, 1.82) is 0 Å². The lowest BCUT2D eigenvalue weighted by atomic mass is 10.2. The fourth-order valence-electron chi connectivity index (χ4n) is 2.74. The van der Waals surface area contributed by atoms with Crippen molar-refractivity contribution in [2.75, 3.05) is 0 Å². The van der Waals surface area contributed by atoms with Crippen LogP contribution in [0.3, 0.4) is 0 Å². The molecule has 0 atom stereocenters. The zero-order valence-electron chi connectivity index (χ0n) is 11.9. The van der Waals surface area contributed by atoms with Gasteiger partial charge in [0.25, 0.3) is 0 Å². The Kier molecular flexibility index (Phi) is 4.69. The molecule has 6 heteroatoms. The van der Waals surface area contributed by atoms with E-state index in [1.54, 1.807) is 6.07 Å². The molecule has 0 radical (unpaired) electrons.